The number of aryl methyl sites for hydroxylation is 1. The van der Waals surface area contributed by atoms with Crippen molar-refractivity contribution in [2.24, 2.45) is 0 Å². The molecule has 2 N–H and O–H groups in total. The summed E-state index contributed by atoms with van der Waals surface area (Å²) in [4.78, 5) is 4.30. The van der Waals surface area contributed by atoms with Gasteiger partial charge in [-0.15, -0.1) is 0 Å². The third-order valence-corrected chi connectivity index (χ3v) is 3.48. The SMILES string of the molecule is Cc1cc2c(NCC(O)c3ccc(Cl)cc3)nccn2n1. The zero-order chi connectivity index (χ0) is 14.8. The van der Waals surface area contributed by atoms with E-state index in [0.717, 1.165) is 16.8 Å². The lowest BCUT2D eigenvalue weighted by Crippen LogP contribution is -2.13. The van der Waals surface area contributed by atoms with Gasteiger partial charge in [0.25, 0.3) is 0 Å². The Morgan fingerprint density at radius 1 is 1.33 bits per heavy atom. The van der Waals surface area contributed by atoms with Crippen molar-refractivity contribution in [2.75, 3.05) is 11.9 Å². The molecule has 3 aromatic rings. The largest absolute Gasteiger partial charge is 0.387 e. The van der Waals surface area contributed by atoms with Crippen LogP contribution in [0.25, 0.3) is 5.52 Å². The number of aliphatic hydroxyl groups is 1. The molecule has 2 aromatic heterocycles. The molecule has 0 aliphatic carbocycles. The van der Waals surface area contributed by atoms with Crippen LogP contribution in [0.3, 0.4) is 0 Å². The standard InChI is InChI=1S/C15H15ClN4O/c1-10-8-13-15(17-6-7-20(13)19-10)18-9-14(21)11-2-4-12(16)5-3-11/h2-8,14,21H,9H2,1H3,(H,17,18). The second-order valence-corrected chi connectivity index (χ2v) is 5.28. The second-order valence-electron chi connectivity index (χ2n) is 4.84. The highest BCUT2D eigenvalue weighted by Gasteiger charge is 2.10. The molecule has 0 aliphatic heterocycles. The summed E-state index contributed by atoms with van der Waals surface area (Å²) in [6.45, 7) is 2.29. The van der Waals surface area contributed by atoms with Gasteiger partial charge in [0, 0.05) is 24.0 Å². The number of hydrogen-bond donors (Lipinski definition) is 2. The molecule has 0 radical (unpaired) electrons. The Hall–Kier alpha value is -2.11. The Kier molecular flexibility index (Phi) is 3.77. The van der Waals surface area contributed by atoms with Gasteiger partial charge in [0.2, 0.25) is 0 Å². The number of benzene rings is 1. The molecule has 6 heteroatoms. The van der Waals surface area contributed by atoms with Crippen LogP contribution in [0.1, 0.15) is 17.4 Å². The minimum absolute atomic E-state index is 0.360. The summed E-state index contributed by atoms with van der Waals surface area (Å²) in [6.07, 6.45) is 2.84. The van der Waals surface area contributed by atoms with Crippen LogP contribution >= 0.6 is 11.6 Å². The first kappa shape index (κ1) is 13.9. The highest BCUT2D eigenvalue weighted by atomic mass is 35.5. The molecule has 1 aromatic carbocycles. The van der Waals surface area contributed by atoms with Crippen LogP contribution < -0.4 is 5.32 Å². The lowest BCUT2D eigenvalue weighted by atomic mass is 10.1. The molecule has 0 saturated carbocycles. The van der Waals surface area contributed by atoms with Crippen LogP contribution in [0.15, 0.2) is 42.7 Å². The quantitative estimate of drug-likeness (QED) is 0.778. The number of rotatable bonds is 4. The summed E-state index contributed by atoms with van der Waals surface area (Å²) in [5, 5.41) is 18.3. The molecule has 21 heavy (non-hydrogen) atoms. The number of nitrogens with one attached hydrogen (secondary N) is 1. The van der Waals surface area contributed by atoms with Gasteiger partial charge in [0.15, 0.2) is 5.82 Å². The molecule has 1 atom stereocenters. The topological polar surface area (TPSA) is 62.5 Å². The van der Waals surface area contributed by atoms with Crippen molar-refractivity contribution in [2.45, 2.75) is 13.0 Å². The number of nitrogens with zero attached hydrogens (tertiary/aromatic N) is 3. The van der Waals surface area contributed by atoms with Gasteiger partial charge in [-0.05, 0) is 30.7 Å². The number of anilines is 1. The zero-order valence-electron chi connectivity index (χ0n) is 11.5. The van der Waals surface area contributed by atoms with Crippen molar-refractivity contribution in [1.82, 2.24) is 14.6 Å². The van der Waals surface area contributed by atoms with E-state index in [4.69, 9.17) is 11.6 Å². The fraction of sp³-hybridized carbons (Fsp3) is 0.200. The van der Waals surface area contributed by atoms with Crippen molar-refractivity contribution in [1.29, 1.82) is 0 Å². The summed E-state index contributed by atoms with van der Waals surface area (Å²) in [6, 6.07) is 9.10. The van der Waals surface area contributed by atoms with Crippen molar-refractivity contribution in [3.63, 3.8) is 0 Å². The average molecular weight is 303 g/mol. The van der Waals surface area contributed by atoms with Crippen LogP contribution in [0.5, 0.6) is 0 Å². The van der Waals surface area contributed by atoms with Gasteiger partial charge in [-0.1, -0.05) is 23.7 Å². The van der Waals surface area contributed by atoms with Crippen LogP contribution in [-0.2, 0) is 0 Å². The van der Waals surface area contributed by atoms with Gasteiger partial charge in [-0.2, -0.15) is 5.10 Å². The summed E-state index contributed by atoms with van der Waals surface area (Å²) in [5.41, 5.74) is 2.62. The Balaban J connectivity index is 1.75. The molecule has 0 aliphatic rings. The lowest BCUT2D eigenvalue weighted by Gasteiger charge is -2.13. The maximum Gasteiger partial charge on any atom is 0.152 e. The molecule has 0 fully saturated rings. The highest BCUT2D eigenvalue weighted by molar-refractivity contribution is 6.30. The molecule has 1 unspecified atom stereocenters. The third-order valence-electron chi connectivity index (χ3n) is 3.23. The first-order chi connectivity index (χ1) is 10.1. The van der Waals surface area contributed by atoms with Crippen LogP contribution in [0.4, 0.5) is 5.82 Å². The summed E-state index contributed by atoms with van der Waals surface area (Å²) in [5.74, 6) is 0.700. The fourth-order valence-corrected chi connectivity index (χ4v) is 2.30. The Labute approximate surface area is 127 Å². The molecular formula is C15H15ClN4O. The number of halogens is 1. The smallest absolute Gasteiger partial charge is 0.152 e. The monoisotopic (exact) mass is 302 g/mol. The van der Waals surface area contributed by atoms with Crippen molar-refractivity contribution in [3.05, 3.63) is 59.0 Å². The van der Waals surface area contributed by atoms with Gasteiger partial charge in [-0.25, -0.2) is 9.50 Å². The molecule has 0 amide bonds. The van der Waals surface area contributed by atoms with Gasteiger partial charge < -0.3 is 10.4 Å². The minimum Gasteiger partial charge on any atom is -0.387 e. The van der Waals surface area contributed by atoms with Gasteiger partial charge >= 0.3 is 0 Å². The molecule has 2 heterocycles. The van der Waals surface area contributed by atoms with Crippen molar-refractivity contribution in [3.8, 4) is 0 Å². The van der Waals surface area contributed by atoms with E-state index < -0.39 is 6.10 Å². The van der Waals surface area contributed by atoms with E-state index in [2.05, 4.69) is 15.4 Å². The summed E-state index contributed by atoms with van der Waals surface area (Å²) < 4.78 is 1.76. The molecular weight excluding hydrogens is 288 g/mol. The first-order valence-corrected chi connectivity index (χ1v) is 6.99. The number of fused-ring (bicyclic) bond motifs is 1. The predicted octanol–water partition coefficient (Wildman–Crippen LogP) is 2.84. The van der Waals surface area contributed by atoms with E-state index in [0.29, 0.717) is 17.4 Å². The van der Waals surface area contributed by atoms with Crippen LogP contribution in [0.2, 0.25) is 5.02 Å². The number of aromatic nitrogens is 3. The maximum atomic E-state index is 10.2. The van der Waals surface area contributed by atoms with E-state index in [1.165, 1.54) is 0 Å². The number of aliphatic hydroxyl groups excluding tert-OH is 1. The fourth-order valence-electron chi connectivity index (χ4n) is 2.18. The van der Waals surface area contributed by atoms with Crippen LogP contribution in [-0.4, -0.2) is 26.2 Å². The van der Waals surface area contributed by atoms with Gasteiger partial charge in [0.05, 0.1) is 11.8 Å². The van der Waals surface area contributed by atoms with Crippen molar-refractivity contribution < 1.29 is 5.11 Å². The second kappa shape index (κ2) is 5.71. The highest BCUT2D eigenvalue weighted by Crippen LogP contribution is 2.19. The molecule has 3 rings (SSSR count). The van der Waals surface area contributed by atoms with Gasteiger partial charge in [-0.3, -0.25) is 0 Å². The average Bonchev–Trinajstić information content (AvgIpc) is 2.86. The minimum atomic E-state index is -0.631. The van der Waals surface area contributed by atoms with E-state index in [1.54, 1.807) is 29.0 Å². The third kappa shape index (κ3) is 2.99. The molecule has 0 saturated heterocycles. The van der Waals surface area contributed by atoms with E-state index >= 15 is 0 Å². The summed E-state index contributed by atoms with van der Waals surface area (Å²) in [7, 11) is 0. The summed E-state index contributed by atoms with van der Waals surface area (Å²) >= 11 is 5.84. The lowest BCUT2D eigenvalue weighted by molar-refractivity contribution is 0.191. The van der Waals surface area contributed by atoms with Crippen LogP contribution in [0, 0.1) is 6.92 Å². The Bertz CT molecular complexity index is 754. The van der Waals surface area contributed by atoms with Gasteiger partial charge in [0.1, 0.15) is 5.52 Å². The maximum absolute atomic E-state index is 10.2. The molecule has 0 bridgehead atoms. The first-order valence-electron chi connectivity index (χ1n) is 6.62. The number of hydrogen-bond acceptors (Lipinski definition) is 4. The molecule has 0 spiro atoms. The van der Waals surface area contributed by atoms with E-state index in [1.807, 2.05) is 25.1 Å². The normalized spacial score (nSPS) is 12.5. The Morgan fingerprint density at radius 3 is 2.86 bits per heavy atom. The zero-order valence-corrected chi connectivity index (χ0v) is 12.2. The Morgan fingerprint density at radius 2 is 2.10 bits per heavy atom. The molecule has 5 nitrogen and oxygen atoms in total. The van der Waals surface area contributed by atoms with E-state index in [-0.39, 0.29) is 0 Å². The van der Waals surface area contributed by atoms with Crippen molar-refractivity contribution >= 4 is 22.9 Å². The van der Waals surface area contributed by atoms with E-state index in [9.17, 15) is 5.11 Å². The predicted molar refractivity (Wildman–Crippen MR) is 82.6 cm³/mol. The molecule has 108 valence electrons.